The number of hydrogen-bond donors (Lipinski definition) is 1. The Bertz CT molecular complexity index is 620. The molecule has 8 heteroatoms. The fourth-order valence-corrected chi connectivity index (χ4v) is 3.70. The van der Waals surface area contributed by atoms with Gasteiger partial charge in [0.15, 0.2) is 0 Å². The summed E-state index contributed by atoms with van der Waals surface area (Å²) in [5.74, 6) is -1.32. The first-order chi connectivity index (χ1) is 8.84. The molecule has 19 heavy (non-hydrogen) atoms. The van der Waals surface area contributed by atoms with E-state index in [1.165, 1.54) is 13.0 Å². The molecule has 1 aromatic carbocycles. The van der Waals surface area contributed by atoms with Gasteiger partial charge in [-0.25, -0.2) is 12.8 Å². The van der Waals surface area contributed by atoms with Crippen molar-refractivity contribution in [2.24, 2.45) is 0 Å². The van der Waals surface area contributed by atoms with E-state index in [9.17, 15) is 17.6 Å². The number of benzene rings is 1. The molecule has 0 aromatic heterocycles. The number of carbonyl (C=O) groups excluding carboxylic acids is 1. The molecule has 1 aliphatic rings. The van der Waals surface area contributed by atoms with Gasteiger partial charge in [0.05, 0.1) is 0 Å². The van der Waals surface area contributed by atoms with Gasteiger partial charge in [-0.1, -0.05) is 11.6 Å². The summed E-state index contributed by atoms with van der Waals surface area (Å²) in [7, 11) is -4.05. The van der Waals surface area contributed by atoms with Crippen molar-refractivity contribution < 1.29 is 17.6 Å². The maximum atomic E-state index is 13.7. The van der Waals surface area contributed by atoms with Gasteiger partial charge in [-0.3, -0.25) is 4.79 Å². The Labute approximate surface area is 115 Å². The van der Waals surface area contributed by atoms with E-state index in [0.717, 1.165) is 16.4 Å². The fraction of sp³-hybridized carbons (Fsp3) is 0.364. The lowest BCUT2D eigenvalue weighted by molar-refractivity contribution is -0.126. The molecular weight excluding hydrogens is 295 g/mol. The third-order valence-corrected chi connectivity index (χ3v) is 5.16. The van der Waals surface area contributed by atoms with Gasteiger partial charge in [-0.2, -0.15) is 4.31 Å². The summed E-state index contributed by atoms with van der Waals surface area (Å²) in [6, 6.07) is 2.47. The predicted molar refractivity (Wildman–Crippen MR) is 67.8 cm³/mol. The van der Waals surface area contributed by atoms with Gasteiger partial charge in [0.25, 0.3) is 0 Å². The lowest BCUT2D eigenvalue weighted by Crippen LogP contribution is -2.55. The molecule has 0 saturated carbocycles. The first-order valence-corrected chi connectivity index (χ1v) is 7.40. The summed E-state index contributed by atoms with van der Waals surface area (Å²) in [6.45, 7) is 1.77. The quantitative estimate of drug-likeness (QED) is 0.886. The monoisotopic (exact) mass is 306 g/mol. The van der Waals surface area contributed by atoms with Gasteiger partial charge in [0.2, 0.25) is 15.9 Å². The van der Waals surface area contributed by atoms with Gasteiger partial charge in [-0.05, 0) is 25.1 Å². The standard InChI is InChI=1S/C11H12ClFN2O3S/c1-7-11(16)14-4-5-15(7)19(17,18)10-3-2-8(12)6-9(10)13/h2-3,6-7H,4-5H2,1H3,(H,14,16). The maximum Gasteiger partial charge on any atom is 0.246 e. The number of hydrogen-bond acceptors (Lipinski definition) is 3. The minimum Gasteiger partial charge on any atom is -0.353 e. The van der Waals surface area contributed by atoms with Gasteiger partial charge in [0.1, 0.15) is 16.8 Å². The lowest BCUT2D eigenvalue weighted by atomic mass is 10.2. The lowest BCUT2D eigenvalue weighted by Gasteiger charge is -2.31. The van der Waals surface area contributed by atoms with Gasteiger partial charge < -0.3 is 5.32 Å². The number of nitrogens with one attached hydrogen (secondary N) is 1. The minimum absolute atomic E-state index is 0.108. The Morgan fingerprint density at radius 2 is 2.16 bits per heavy atom. The second-order valence-electron chi connectivity index (χ2n) is 4.16. The highest BCUT2D eigenvalue weighted by Gasteiger charge is 2.36. The highest BCUT2D eigenvalue weighted by molar-refractivity contribution is 7.89. The number of halogens is 2. The smallest absolute Gasteiger partial charge is 0.246 e. The third kappa shape index (κ3) is 2.58. The van der Waals surface area contributed by atoms with Crippen LogP contribution in [0, 0.1) is 5.82 Å². The van der Waals surface area contributed by atoms with Crippen LogP contribution in [0.1, 0.15) is 6.92 Å². The predicted octanol–water partition coefficient (Wildman–Crippen LogP) is 0.988. The zero-order valence-corrected chi connectivity index (χ0v) is 11.6. The molecule has 2 rings (SSSR count). The minimum atomic E-state index is -4.05. The summed E-state index contributed by atoms with van der Waals surface area (Å²) >= 11 is 5.59. The molecule has 0 spiro atoms. The van der Waals surface area contributed by atoms with E-state index in [4.69, 9.17) is 11.6 Å². The van der Waals surface area contributed by atoms with Crippen LogP contribution in [0.15, 0.2) is 23.1 Å². The van der Waals surface area contributed by atoms with E-state index in [-0.39, 0.29) is 18.1 Å². The Kier molecular flexibility index (Phi) is 3.80. The molecule has 104 valence electrons. The zero-order chi connectivity index (χ0) is 14.2. The van der Waals surface area contributed by atoms with Crippen molar-refractivity contribution in [3.05, 3.63) is 29.0 Å². The molecule has 1 saturated heterocycles. The van der Waals surface area contributed by atoms with E-state index in [1.807, 2.05) is 0 Å². The van der Waals surface area contributed by atoms with Crippen molar-refractivity contribution in [1.82, 2.24) is 9.62 Å². The molecule has 0 aliphatic carbocycles. The number of nitrogens with zero attached hydrogens (tertiary/aromatic N) is 1. The highest BCUT2D eigenvalue weighted by atomic mass is 35.5. The fourth-order valence-electron chi connectivity index (χ4n) is 1.90. The van der Waals surface area contributed by atoms with Gasteiger partial charge >= 0.3 is 0 Å². The molecule has 5 nitrogen and oxygen atoms in total. The van der Waals surface area contributed by atoms with Crippen LogP contribution in [0.5, 0.6) is 0 Å². The van der Waals surface area contributed by atoms with Crippen molar-refractivity contribution in [2.75, 3.05) is 13.1 Å². The molecular formula is C11H12ClFN2O3S. The Hall–Kier alpha value is -1.18. The molecule has 1 aromatic rings. The zero-order valence-electron chi connectivity index (χ0n) is 10.1. The third-order valence-electron chi connectivity index (χ3n) is 2.92. The van der Waals surface area contributed by atoms with Crippen LogP contribution in [0.25, 0.3) is 0 Å². The SMILES string of the molecule is CC1C(=O)NCCN1S(=O)(=O)c1ccc(Cl)cc1F. The Morgan fingerprint density at radius 3 is 2.79 bits per heavy atom. The largest absolute Gasteiger partial charge is 0.353 e. The molecule has 1 amide bonds. The molecule has 0 radical (unpaired) electrons. The van der Waals surface area contributed by atoms with E-state index in [2.05, 4.69) is 5.32 Å². The Balaban J connectivity index is 2.44. The van der Waals surface area contributed by atoms with E-state index >= 15 is 0 Å². The Morgan fingerprint density at radius 1 is 1.47 bits per heavy atom. The number of carbonyl (C=O) groups is 1. The maximum absolute atomic E-state index is 13.7. The molecule has 1 fully saturated rings. The van der Waals surface area contributed by atoms with E-state index in [0.29, 0.717) is 0 Å². The molecule has 1 N–H and O–H groups in total. The summed E-state index contributed by atoms with van der Waals surface area (Å²) in [4.78, 5) is 11.0. The second kappa shape index (κ2) is 5.07. The highest BCUT2D eigenvalue weighted by Crippen LogP contribution is 2.24. The van der Waals surface area contributed by atoms with Crippen LogP contribution in [0.3, 0.4) is 0 Å². The number of sulfonamides is 1. The van der Waals surface area contributed by atoms with Crippen molar-refractivity contribution in [2.45, 2.75) is 17.9 Å². The van der Waals surface area contributed by atoms with Crippen LogP contribution in [0.4, 0.5) is 4.39 Å². The first-order valence-electron chi connectivity index (χ1n) is 5.58. The molecule has 0 bridgehead atoms. The van der Waals surface area contributed by atoms with Gasteiger partial charge in [0, 0.05) is 18.1 Å². The second-order valence-corrected chi connectivity index (χ2v) is 6.45. The number of rotatable bonds is 2. The summed E-state index contributed by atoms with van der Waals surface area (Å²) in [5, 5.41) is 2.66. The van der Waals surface area contributed by atoms with Crippen molar-refractivity contribution in [3.63, 3.8) is 0 Å². The topological polar surface area (TPSA) is 66.5 Å². The average molecular weight is 307 g/mol. The molecule has 1 unspecified atom stereocenters. The van der Waals surface area contributed by atoms with Crippen LogP contribution in [-0.2, 0) is 14.8 Å². The molecule has 1 heterocycles. The van der Waals surface area contributed by atoms with Crippen LogP contribution >= 0.6 is 11.6 Å². The van der Waals surface area contributed by atoms with Crippen molar-refractivity contribution in [3.8, 4) is 0 Å². The number of amides is 1. The first kappa shape index (κ1) is 14.2. The summed E-state index contributed by atoms with van der Waals surface area (Å²) in [6.07, 6.45) is 0. The average Bonchev–Trinajstić information content (AvgIpc) is 2.31. The molecule has 1 atom stereocenters. The van der Waals surface area contributed by atoms with E-state index in [1.54, 1.807) is 0 Å². The number of piperazine rings is 1. The normalized spacial score (nSPS) is 21.2. The molecule has 1 aliphatic heterocycles. The summed E-state index contributed by atoms with van der Waals surface area (Å²) < 4.78 is 39.4. The van der Waals surface area contributed by atoms with Crippen LogP contribution in [-0.4, -0.2) is 37.8 Å². The summed E-state index contributed by atoms with van der Waals surface area (Å²) in [5.41, 5.74) is 0. The van der Waals surface area contributed by atoms with Crippen molar-refractivity contribution >= 4 is 27.5 Å². The van der Waals surface area contributed by atoms with Crippen LogP contribution in [0.2, 0.25) is 5.02 Å². The van der Waals surface area contributed by atoms with Gasteiger partial charge in [-0.15, -0.1) is 0 Å². The van der Waals surface area contributed by atoms with Crippen molar-refractivity contribution in [1.29, 1.82) is 0 Å². The van der Waals surface area contributed by atoms with E-state index < -0.39 is 32.7 Å². The van der Waals surface area contributed by atoms with Crippen LogP contribution < -0.4 is 5.32 Å².